The Kier molecular flexibility index (Phi) is 12.8. The Morgan fingerprint density at radius 1 is 1.00 bits per heavy atom. The van der Waals surface area contributed by atoms with Crippen LogP contribution in [0.3, 0.4) is 0 Å². The maximum absolute atomic E-state index is 12.2. The van der Waals surface area contributed by atoms with Crippen LogP contribution in [0, 0.1) is 10.1 Å². The predicted octanol–water partition coefficient (Wildman–Crippen LogP) is 3.25. The molecule has 0 saturated carbocycles. The molecule has 0 heterocycles. The second-order valence-electron chi connectivity index (χ2n) is 6.07. The summed E-state index contributed by atoms with van der Waals surface area (Å²) in [5, 5.41) is 35.0. The van der Waals surface area contributed by atoms with Crippen molar-refractivity contribution in [1.82, 2.24) is 0 Å². The molecule has 139 valence electrons. The first-order chi connectivity index (χ1) is 11.1. The van der Waals surface area contributed by atoms with Crippen molar-refractivity contribution in [3.05, 3.63) is 39.9 Å². The van der Waals surface area contributed by atoms with E-state index >= 15 is 0 Å². The van der Waals surface area contributed by atoms with E-state index in [1.807, 2.05) is 0 Å². The van der Waals surface area contributed by atoms with Crippen LogP contribution < -0.4 is 10.2 Å². The molecule has 2 unspecified atom stereocenters. The van der Waals surface area contributed by atoms with Gasteiger partial charge in [-0.15, -0.1) is 6.10 Å². The number of nitrogens with zero attached hydrogens (tertiary/aromatic N) is 1. The van der Waals surface area contributed by atoms with Crippen LogP contribution in [-0.4, -0.2) is 11.0 Å². The van der Waals surface area contributed by atoms with Crippen molar-refractivity contribution in [1.29, 1.82) is 0 Å². The zero-order chi connectivity index (χ0) is 17.1. The molecule has 6 heteroatoms. The van der Waals surface area contributed by atoms with Crippen LogP contribution in [0.5, 0.6) is 0 Å². The van der Waals surface area contributed by atoms with E-state index in [2.05, 4.69) is 6.92 Å². The summed E-state index contributed by atoms with van der Waals surface area (Å²) in [7, 11) is 0. The van der Waals surface area contributed by atoms with Crippen LogP contribution in [0.25, 0.3) is 0 Å². The fourth-order valence-corrected chi connectivity index (χ4v) is 2.74. The fourth-order valence-electron chi connectivity index (χ4n) is 2.74. The first-order valence-corrected chi connectivity index (χ1v) is 8.61. The summed E-state index contributed by atoms with van der Waals surface area (Å²) in [6, 6.07) is 5.90. The Hall–Kier alpha value is -0.941. The van der Waals surface area contributed by atoms with E-state index in [1.165, 1.54) is 43.9 Å². The standard InChI is InChI=1S/C18H27NO4.Cu/c1-2-3-4-5-6-7-8-11-15(20)14-18(21)16-12-9-10-13-17(16)19(22)23;/h9-10,12-13,15,18H,2-8,11,14H2,1H3;/q-2;+2. The van der Waals surface area contributed by atoms with Gasteiger partial charge in [0.2, 0.25) is 0 Å². The Bertz CT molecular complexity index is 470. The summed E-state index contributed by atoms with van der Waals surface area (Å²) in [5.41, 5.74) is -0.0615. The monoisotopic (exact) mass is 384 g/mol. The smallest absolute Gasteiger partial charge is 0.852 e. The van der Waals surface area contributed by atoms with E-state index < -0.39 is 17.1 Å². The summed E-state index contributed by atoms with van der Waals surface area (Å²) in [5.74, 6) is 0. The predicted molar refractivity (Wildman–Crippen MR) is 86.9 cm³/mol. The molecular formula is C18H27CuNO4. The van der Waals surface area contributed by atoms with Gasteiger partial charge in [-0.2, -0.15) is 0 Å². The van der Waals surface area contributed by atoms with Crippen LogP contribution in [0.2, 0.25) is 0 Å². The maximum atomic E-state index is 12.2. The molecule has 0 N–H and O–H groups in total. The average molecular weight is 385 g/mol. The SMILES string of the molecule is CCCCCCCCCC([O-])CC([O-])c1ccccc1[N+](=O)[O-].[Cu+2]. The van der Waals surface area contributed by atoms with Crippen molar-refractivity contribution < 1.29 is 32.2 Å². The van der Waals surface area contributed by atoms with Gasteiger partial charge in [-0.25, -0.2) is 0 Å². The molecule has 0 fully saturated rings. The Morgan fingerprint density at radius 3 is 2.21 bits per heavy atom. The molecule has 5 nitrogen and oxygen atoms in total. The largest absolute Gasteiger partial charge is 2.00 e. The number of para-hydroxylation sites is 1. The Labute approximate surface area is 155 Å². The minimum Gasteiger partial charge on any atom is -0.852 e. The van der Waals surface area contributed by atoms with Crippen molar-refractivity contribution in [2.75, 3.05) is 0 Å². The minimum atomic E-state index is -1.32. The molecule has 0 spiro atoms. The molecule has 0 aliphatic heterocycles. The summed E-state index contributed by atoms with van der Waals surface area (Å²) in [6.45, 7) is 2.18. The molecule has 0 aliphatic carbocycles. The van der Waals surface area contributed by atoms with Gasteiger partial charge in [0.15, 0.2) is 0 Å². The summed E-state index contributed by atoms with van der Waals surface area (Å²) in [6.07, 6.45) is 6.08. The van der Waals surface area contributed by atoms with Crippen LogP contribution >= 0.6 is 0 Å². The summed E-state index contributed by atoms with van der Waals surface area (Å²) in [4.78, 5) is 10.4. The van der Waals surface area contributed by atoms with Gasteiger partial charge in [0.1, 0.15) is 0 Å². The van der Waals surface area contributed by atoms with E-state index in [-0.39, 0.29) is 34.7 Å². The van der Waals surface area contributed by atoms with Gasteiger partial charge < -0.3 is 10.2 Å². The molecule has 1 radical (unpaired) electrons. The molecule has 0 saturated heterocycles. The average Bonchev–Trinajstić information content (AvgIpc) is 2.53. The van der Waals surface area contributed by atoms with Crippen molar-refractivity contribution in [3.8, 4) is 0 Å². The molecule has 1 aromatic carbocycles. The van der Waals surface area contributed by atoms with E-state index in [1.54, 1.807) is 6.07 Å². The number of hydrogen-bond acceptors (Lipinski definition) is 4. The van der Waals surface area contributed by atoms with Crippen molar-refractivity contribution >= 4 is 5.69 Å². The van der Waals surface area contributed by atoms with Gasteiger partial charge in [0.05, 0.1) is 4.92 Å². The van der Waals surface area contributed by atoms with E-state index in [4.69, 9.17) is 0 Å². The van der Waals surface area contributed by atoms with Crippen molar-refractivity contribution in [3.63, 3.8) is 0 Å². The van der Waals surface area contributed by atoms with Gasteiger partial charge in [0.25, 0.3) is 5.69 Å². The molecule has 0 aromatic heterocycles. The van der Waals surface area contributed by atoms with Crippen molar-refractivity contribution in [2.24, 2.45) is 0 Å². The summed E-state index contributed by atoms with van der Waals surface area (Å²) >= 11 is 0. The zero-order valence-electron chi connectivity index (χ0n) is 14.2. The Balaban J connectivity index is 0.00000529. The van der Waals surface area contributed by atoms with E-state index in [0.29, 0.717) is 6.42 Å². The first-order valence-electron chi connectivity index (χ1n) is 8.61. The van der Waals surface area contributed by atoms with Crippen LogP contribution in [0.15, 0.2) is 24.3 Å². The molecular weight excluding hydrogens is 358 g/mol. The number of hydrogen-bond donors (Lipinski definition) is 0. The van der Waals surface area contributed by atoms with Crippen LogP contribution in [0.1, 0.15) is 76.4 Å². The third kappa shape index (κ3) is 8.78. The molecule has 1 rings (SSSR count). The van der Waals surface area contributed by atoms with E-state index in [0.717, 1.165) is 19.3 Å². The third-order valence-electron chi connectivity index (χ3n) is 4.09. The number of benzene rings is 1. The Morgan fingerprint density at radius 2 is 1.58 bits per heavy atom. The first kappa shape index (κ1) is 23.1. The molecule has 0 amide bonds. The van der Waals surface area contributed by atoms with Crippen LogP contribution in [0.4, 0.5) is 5.69 Å². The number of nitro benzene ring substituents is 1. The maximum Gasteiger partial charge on any atom is 2.00 e. The second-order valence-corrected chi connectivity index (χ2v) is 6.07. The minimum absolute atomic E-state index is 0. The normalized spacial score (nSPS) is 13.1. The number of rotatable bonds is 12. The van der Waals surface area contributed by atoms with Gasteiger partial charge in [-0.3, -0.25) is 10.1 Å². The van der Waals surface area contributed by atoms with Gasteiger partial charge in [-0.05, 0) is 0 Å². The van der Waals surface area contributed by atoms with Gasteiger partial charge >= 0.3 is 17.1 Å². The molecule has 2 atom stereocenters. The molecule has 0 aliphatic rings. The quantitative estimate of drug-likeness (QED) is 0.239. The van der Waals surface area contributed by atoms with Gasteiger partial charge in [-0.1, -0.05) is 89.0 Å². The van der Waals surface area contributed by atoms with Crippen molar-refractivity contribution in [2.45, 2.75) is 76.9 Å². The summed E-state index contributed by atoms with van der Waals surface area (Å²) < 4.78 is 0. The topological polar surface area (TPSA) is 89.3 Å². The molecule has 24 heavy (non-hydrogen) atoms. The number of unbranched alkanes of at least 4 members (excludes halogenated alkanes) is 6. The molecule has 1 aromatic rings. The van der Waals surface area contributed by atoms with E-state index in [9.17, 15) is 20.3 Å². The second kappa shape index (κ2) is 13.4. The van der Waals surface area contributed by atoms with Gasteiger partial charge in [0, 0.05) is 11.6 Å². The van der Waals surface area contributed by atoms with Crippen LogP contribution in [-0.2, 0) is 17.1 Å². The molecule has 0 bridgehead atoms. The third-order valence-corrected chi connectivity index (χ3v) is 4.09. The fraction of sp³-hybridized carbons (Fsp3) is 0.667. The number of nitro groups is 1. The zero-order valence-corrected chi connectivity index (χ0v) is 15.2.